The number of nitrogens with one attached hydrogen (secondary N) is 1. The van der Waals surface area contributed by atoms with Crippen LogP contribution in [-0.4, -0.2) is 62.2 Å². The topological polar surface area (TPSA) is 143 Å². The van der Waals surface area contributed by atoms with Gasteiger partial charge in [0.05, 0.1) is 18.6 Å². The number of aliphatic hydroxyl groups is 1. The van der Waals surface area contributed by atoms with Crippen LogP contribution in [0, 0.1) is 12.7 Å². The molecule has 0 aliphatic carbocycles. The summed E-state index contributed by atoms with van der Waals surface area (Å²) in [5.74, 6) is -0.719. The molecule has 1 aliphatic rings. The fourth-order valence-electron chi connectivity index (χ4n) is 4.07. The number of benzene rings is 1. The van der Waals surface area contributed by atoms with Crippen molar-refractivity contribution < 1.29 is 27.2 Å². The molecule has 1 aromatic carbocycles. The molecular weight excluding hydrogens is 479 g/mol. The van der Waals surface area contributed by atoms with E-state index in [0.29, 0.717) is 16.9 Å². The van der Waals surface area contributed by atoms with E-state index in [0.717, 1.165) is 16.1 Å². The van der Waals surface area contributed by atoms with Gasteiger partial charge in [-0.25, -0.2) is 17.8 Å². The third kappa shape index (κ3) is 4.40. The number of nitrogens with zero attached hydrogens (tertiary/aromatic N) is 5. The number of carbonyl (C=O) groups excluding carboxylic acids is 1. The van der Waals surface area contributed by atoms with Crippen molar-refractivity contribution in [2.45, 2.75) is 25.5 Å². The summed E-state index contributed by atoms with van der Waals surface area (Å²) in [6.45, 7) is 1.76. The van der Waals surface area contributed by atoms with Crippen LogP contribution in [0.5, 0.6) is 0 Å². The molecule has 0 bridgehead atoms. The number of carbonyl (C=O) groups is 1. The smallest absolute Gasteiger partial charge is 0.274 e. The Morgan fingerprint density at radius 2 is 2.09 bits per heavy atom. The maximum atomic E-state index is 13.7. The quantitative estimate of drug-likeness (QED) is 0.424. The van der Waals surface area contributed by atoms with Crippen molar-refractivity contribution in [3.8, 4) is 11.4 Å². The van der Waals surface area contributed by atoms with Crippen molar-refractivity contribution >= 4 is 27.3 Å². The van der Waals surface area contributed by atoms with Gasteiger partial charge in [-0.05, 0) is 30.7 Å². The summed E-state index contributed by atoms with van der Waals surface area (Å²) in [7, 11) is -3.59. The molecule has 1 aliphatic heterocycles. The summed E-state index contributed by atoms with van der Waals surface area (Å²) in [4.78, 5) is 21.4. The van der Waals surface area contributed by atoms with E-state index in [4.69, 9.17) is 4.52 Å². The van der Waals surface area contributed by atoms with E-state index in [9.17, 15) is 22.7 Å². The first-order valence-corrected chi connectivity index (χ1v) is 12.5. The molecule has 11 nitrogen and oxygen atoms in total. The maximum absolute atomic E-state index is 13.7. The molecule has 35 heavy (non-hydrogen) atoms. The van der Waals surface area contributed by atoms with Gasteiger partial charge in [0.25, 0.3) is 5.91 Å². The molecule has 182 valence electrons. The average Bonchev–Trinajstić information content (AvgIpc) is 3.52. The Morgan fingerprint density at radius 3 is 2.86 bits per heavy atom. The highest BCUT2D eigenvalue weighted by molar-refractivity contribution is 7.88. The van der Waals surface area contributed by atoms with Crippen LogP contribution in [-0.2, 0) is 10.0 Å². The Labute approximate surface area is 199 Å². The van der Waals surface area contributed by atoms with E-state index in [1.54, 1.807) is 25.1 Å². The summed E-state index contributed by atoms with van der Waals surface area (Å²) in [5.41, 5.74) is 2.34. The Balaban J connectivity index is 1.42. The van der Waals surface area contributed by atoms with Crippen LogP contribution in [0.4, 0.5) is 10.1 Å². The number of amides is 1. The van der Waals surface area contributed by atoms with E-state index in [2.05, 4.69) is 20.4 Å². The van der Waals surface area contributed by atoms with Gasteiger partial charge < -0.3 is 14.9 Å². The minimum atomic E-state index is -3.59. The molecule has 0 radical (unpaired) electrons. The number of rotatable bonds is 5. The summed E-state index contributed by atoms with van der Waals surface area (Å²) >= 11 is 0. The molecule has 1 amide bonds. The van der Waals surface area contributed by atoms with Crippen molar-refractivity contribution in [1.29, 1.82) is 0 Å². The molecule has 2 unspecified atom stereocenters. The Kier molecular flexibility index (Phi) is 5.62. The second-order valence-electron chi connectivity index (χ2n) is 8.40. The van der Waals surface area contributed by atoms with Gasteiger partial charge in [-0.2, -0.15) is 9.29 Å². The molecule has 3 aromatic heterocycles. The van der Waals surface area contributed by atoms with E-state index < -0.39 is 33.9 Å². The highest BCUT2D eigenvalue weighted by Gasteiger charge is 2.41. The zero-order valence-corrected chi connectivity index (χ0v) is 19.5. The summed E-state index contributed by atoms with van der Waals surface area (Å²) in [5, 5.41) is 16.7. The van der Waals surface area contributed by atoms with Crippen LogP contribution in [0.15, 0.2) is 47.2 Å². The molecule has 5 rings (SSSR count). The first-order chi connectivity index (χ1) is 16.6. The lowest BCUT2D eigenvalue weighted by atomic mass is 10.1. The van der Waals surface area contributed by atoms with Gasteiger partial charge in [0.1, 0.15) is 23.2 Å². The third-order valence-electron chi connectivity index (χ3n) is 5.83. The van der Waals surface area contributed by atoms with Gasteiger partial charge in [0, 0.05) is 30.4 Å². The number of aliphatic hydroxyl groups excluding tert-OH is 1. The summed E-state index contributed by atoms with van der Waals surface area (Å²) in [6, 6.07) is 7.13. The first kappa shape index (κ1) is 23.1. The molecule has 2 N–H and O–H groups in total. The predicted octanol–water partition coefficient (Wildman–Crippen LogP) is 2.15. The highest BCUT2D eigenvalue weighted by atomic mass is 32.2. The molecule has 4 heterocycles. The molecule has 0 spiro atoms. The standard InChI is InChI=1S/C22H21FN6O5S/c1-12-3-4-13(20-26-22(34-27-20)17-8-15(30)11-29(17)35(2,32)33)7-16(12)25-21(31)18-9-24-19-6-5-14(23)10-28(18)19/h3-7,9-10,15,17,30H,8,11H2,1-2H3,(H,25,31). The first-order valence-electron chi connectivity index (χ1n) is 10.6. The second-order valence-corrected chi connectivity index (χ2v) is 10.3. The number of anilines is 1. The fourth-order valence-corrected chi connectivity index (χ4v) is 5.15. The van der Waals surface area contributed by atoms with Crippen LogP contribution < -0.4 is 5.32 Å². The van der Waals surface area contributed by atoms with Crippen molar-refractivity contribution in [3.05, 3.63) is 65.7 Å². The van der Waals surface area contributed by atoms with Crippen molar-refractivity contribution in [2.75, 3.05) is 18.1 Å². The van der Waals surface area contributed by atoms with Crippen LogP contribution >= 0.6 is 0 Å². The molecule has 2 atom stereocenters. The SMILES string of the molecule is Cc1ccc(-c2noc(C3CC(O)CN3S(C)(=O)=O)n2)cc1NC(=O)c1cnc2ccc(F)cn12. The second kappa shape index (κ2) is 8.52. The number of fused-ring (bicyclic) bond motifs is 1. The fraction of sp³-hybridized carbons (Fsp3) is 0.273. The van der Waals surface area contributed by atoms with Gasteiger partial charge in [0.15, 0.2) is 0 Å². The monoisotopic (exact) mass is 500 g/mol. The predicted molar refractivity (Wildman–Crippen MR) is 122 cm³/mol. The zero-order valence-electron chi connectivity index (χ0n) is 18.7. The van der Waals surface area contributed by atoms with Gasteiger partial charge >= 0.3 is 0 Å². The van der Waals surface area contributed by atoms with Crippen molar-refractivity contribution in [3.63, 3.8) is 0 Å². The summed E-state index contributed by atoms with van der Waals surface area (Å²) in [6.07, 6.45) is 2.91. The zero-order chi connectivity index (χ0) is 24.9. The molecule has 1 saturated heterocycles. The van der Waals surface area contributed by atoms with Gasteiger partial charge in [-0.1, -0.05) is 17.3 Å². The lowest BCUT2D eigenvalue weighted by molar-refractivity contribution is 0.102. The number of hydrogen-bond acceptors (Lipinski definition) is 8. The molecule has 0 saturated carbocycles. The molecule has 1 fully saturated rings. The molecule has 4 aromatic rings. The van der Waals surface area contributed by atoms with E-state index in [1.165, 1.54) is 28.9 Å². The minimum absolute atomic E-state index is 0.0465. The normalized spacial score (nSPS) is 18.9. The maximum Gasteiger partial charge on any atom is 0.274 e. The van der Waals surface area contributed by atoms with E-state index in [-0.39, 0.29) is 30.4 Å². The number of aryl methyl sites for hydroxylation is 1. The minimum Gasteiger partial charge on any atom is -0.392 e. The number of β-amino-alcohol motifs (C(OH)–C–C–N with tert-alkyl or cyclic N) is 1. The van der Waals surface area contributed by atoms with Crippen LogP contribution in [0.2, 0.25) is 0 Å². The van der Waals surface area contributed by atoms with Crippen molar-refractivity contribution in [1.82, 2.24) is 23.8 Å². The van der Waals surface area contributed by atoms with Gasteiger partial charge in [-0.3, -0.25) is 9.20 Å². The third-order valence-corrected chi connectivity index (χ3v) is 7.09. The van der Waals surface area contributed by atoms with Crippen LogP contribution in [0.3, 0.4) is 0 Å². The Hall–Kier alpha value is -3.68. The van der Waals surface area contributed by atoms with Crippen molar-refractivity contribution in [2.24, 2.45) is 0 Å². The van der Waals surface area contributed by atoms with Crippen LogP contribution in [0.1, 0.15) is 34.4 Å². The Morgan fingerprint density at radius 1 is 1.29 bits per heavy atom. The Bertz CT molecular complexity index is 1550. The largest absolute Gasteiger partial charge is 0.392 e. The number of aromatic nitrogens is 4. The number of pyridine rings is 1. The summed E-state index contributed by atoms with van der Waals surface area (Å²) < 4.78 is 45.6. The van der Waals surface area contributed by atoms with Crippen LogP contribution in [0.25, 0.3) is 17.0 Å². The average molecular weight is 501 g/mol. The van der Waals surface area contributed by atoms with Gasteiger partial charge in [0.2, 0.25) is 21.7 Å². The number of imidazole rings is 1. The number of halogens is 1. The van der Waals surface area contributed by atoms with E-state index >= 15 is 0 Å². The molecular formula is C22H21FN6O5S. The highest BCUT2D eigenvalue weighted by Crippen LogP contribution is 2.34. The van der Waals surface area contributed by atoms with E-state index in [1.807, 2.05) is 0 Å². The lowest BCUT2D eigenvalue weighted by Gasteiger charge is -2.17. The van der Waals surface area contributed by atoms with Gasteiger partial charge in [-0.15, -0.1) is 0 Å². The lowest BCUT2D eigenvalue weighted by Crippen LogP contribution is -2.30. The number of hydrogen-bond donors (Lipinski definition) is 2. The number of sulfonamides is 1. The molecule has 13 heteroatoms.